The minimum absolute atomic E-state index is 0.0798. The van der Waals surface area contributed by atoms with Crippen molar-refractivity contribution in [2.24, 2.45) is 0 Å². The zero-order valence-electron chi connectivity index (χ0n) is 16.4. The van der Waals surface area contributed by atoms with Crippen LogP contribution in [0, 0.1) is 0 Å². The number of ether oxygens (including phenoxy) is 1. The van der Waals surface area contributed by atoms with Gasteiger partial charge in [-0.3, -0.25) is 9.10 Å². The van der Waals surface area contributed by atoms with Crippen LogP contribution in [0.1, 0.15) is 16.1 Å². The van der Waals surface area contributed by atoms with E-state index in [9.17, 15) is 13.2 Å². The molecule has 29 heavy (non-hydrogen) atoms. The van der Waals surface area contributed by atoms with E-state index in [-0.39, 0.29) is 10.8 Å². The Hall–Kier alpha value is -3.26. The SMILES string of the molecule is COc1ccccc1N(C)S(=O)(=O)c1ccc(C(=O)N(C)Cc2ccco2)cc1. The van der Waals surface area contributed by atoms with Crippen molar-refractivity contribution in [2.45, 2.75) is 11.4 Å². The number of carbonyl (C=O) groups excluding carboxylic acids is 1. The molecule has 0 aliphatic heterocycles. The van der Waals surface area contributed by atoms with Crippen LogP contribution in [-0.2, 0) is 16.6 Å². The van der Waals surface area contributed by atoms with Gasteiger partial charge in [-0.15, -0.1) is 0 Å². The van der Waals surface area contributed by atoms with Crippen LogP contribution in [0.25, 0.3) is 0 Å². The summed E-state index contributed by atoms with van der Waals surface area (Å²) in [5.41, 5.74) is 0.811. The van der Waals surface area contributed by atoms with Crippen LogP contribution in [0.15, 0.2) is 76.2 Å². The number of para-hydroxylation sites is 2. The van der Waals surface area contributed by atoms with Crippen molar-refractivity contribution < 1.29 is 22.4 Å². The monoisotopic (exact) mass is 414 g/mol. The summed E-state index contributed by atoms with van der Waals surface area (Å²) in [6, 6.07) is 16.3. The Bertz CT molecular complexity index is 1080. The first-order valence-electron chi connectivity index (χ1n) is 8.84. The molecule has 0 saturated heterocycles. The molecule has 0 aliphatic carbocycles. The predicted octanol–water partition coefficient (Wildman–Crippen LogP) is 3.39. The summed E-state index contributed by atoms with van der Waals surface area (Å²) in [4.78, 5) is 14.2. The molecule has 0 spiro atoms. The van der Waals surface area contributed by atoms with E-state index in [1.807, 2.05) is 0 Å². The van der Waals surface area contributed by atoms with E-state index in [2.05, 4.69) is 0 Å². The summed E-state index contributed by atoms with van der Waals surface area (Å²) in [5.74, 6) is 0.881. The Labute approximate surface area is 170 Å². The minimum atomic E-state index is -3.81. The highest BCUT2D eigenvalue weighted by molar-refractivity contribution is 7.92. The van der Waals surface area contributed by atoms with Crippen LogP contribution in [0.4, 0.5) is 5.69 Å². The van der Waals surface area contributed by atoms with Crippen LogP contribution in [0.2, 0.25) is 0 Å². The van der Waals surface area contributed by atoms with E-state index in [1.165, 1.54) is 43.3 Å². The lowest BCUT2D eigenvalue weighted by Gasteiger charge is -2.22. The second-order valence-corrected chi connectivity index (χ2v) is 8.38. The highest BCUT2D eigenvalue weighted by Crippen LogP contribution is 2.30. The maximum atomic E-state index is 13.0. The summed E-state index contributed by atoms with van der Waals surface area (Å²) < 4.78 is 37.6. The Morgan fingerprint density at radius 1 is 1.00 bits per heavy atom. The lowest BCUT2D eigenvalue weighted by atomic mass is 10.2. The number of rotatable bonds is 7. The molecule has 1 amide bonds. The van der Waals surface area contributed by atoms with Gasteiger partial charge in [-0.2, -0.15) is 0 Å². The van der Waals surface area contributed by atoms with Crippen LogP contribution < -0.4 is 9.04 Å². The van der Waals surface area contributed by atoms with Crippen molar-refractivity contribution in [3.8, 4) is 5.75 Å². The maximum absolute atomic E-state index is 13.0. The fourth-order valence-electron chi connectivity index (χ4n) is 2.88. The number of hydrogen-bond acceptors (Lipinski definition) is 5. The average Bonchev–Trinajstić information content (AvgIpc) is 3.25. The summed E-state index contributed by atoms with van der Waals surface area (Å²) in [5, 5.41) is 0. The minimum Gasteiger partial charge on any atom is -0.495 e. The number of benzene rings is 2. The van der Waals surface area contributed by atoms with Gasteiger partial charge in [0, 0.05) is 19.7 Å². The standard InChI is InChI=1S/C21H22N2O5S/c1-22(15-17-7-6-14-28-17)21(24)16-10-12-18(13-11-16)29(25,26)23(2)19-8-4-5-9-20(19)27-3/h4-14H,15H2,1-3H3. The Balaban J connectivity index is 1.80. The fraction of sp³-hybridized carbons (Fsp3) is 0.190. The lowest BCUT2D eigenvalue weighted by molar-refractivity contribution is 0.0775. The molecular weight excluding hydrogens is 392 g/mol. The van der Waals surface area contributed by atoms with Gasteiger partial charge in [-0.1, -0.05) is 12.1 Å². The third-order valence-electron chi connectivity index (χ3n) is 4.50. The zero-order valence-corrected chi connectivity index (χ0v) is 17.2. The van der Waals surface area contributed by atoms with Gasteiger partial charge >= 0.3 is 0 Å². The summed E-state index contributed by atoms with van der Waals surface area (Å²) in [7, 11) is 0.790. The molecule has 0 saturated carbocycles. The molecule has 0 bridgehead atoms. The molecule has 0 aliphatic rings. The van der Waals surface area contributed by atoms with Crippen molar-refractivity contribution in [3.05, 3.63) is 78.3 Å². The van der Waals surface area contributed by atoms with Crippen LogP contribution in [-0.4, -0.2) is 40.4 Å². The van der Waals surface area contributed by atoms with Crippen molar-refractivity contribution >= 4 is 21.6 Å². The van der Waals surface area contributed by atoms with Gasteiger partial charge in [0.15, 0.2) is 0 Å². The largest absolute Gasteiger partial charge is 0.495 e. The van der Waals surface area contributed by atoms with Crippen LogP contribution in [0.5, 0.6) is 5.75 Å². The summed E-state index contributed by atoms with van der Waals surface area (Å²) in [6.45, 7) is 0.322. The Kier molecular flexibility index (Phi) is 5.93. The fourth-order valence-corrected chi connectivity index (χ4v) is 4.08. The lowest BCUT2D eigenvalue weighted by Crippen LogP contribution is -2.28. The third kappa shape index (κ3) is 4.27. The van der Waals surface area contributed by atoms with Gasteiger partial charge in [-0.25, -0.2) is 8.42 Å². The second-order valence-electron chi connectivity index (χ2n) is 6.41. The number of nitrogens with zero attached hydrogens (tertiary/aromatic N) is 2. The number of carbonyl (C=O) groups is 1. The van der Waals surface area contributed by atoms with Crippen molar-refractivity contribution in [1.29, 1.82) is 0 Å². The topological polar surface area (TPSA) is 80.1 Å². The normalized spacial score (nSPS) is 11.1. The quantitative estimate of drug-likeness (QED) is 0.592. The molecule has 0 N–H and O–H groups in total. The van der Waals surface area contributed by atoms with Gasteiger partial charge in [-0.05, 0) is 48.5 Å². The molecule has 8 heteroatoms. The molecule has 0 radical (unpaired) electrons. The number of hydrogen-bond donors (Lipinski definition) is 0. The van der Waals surface area contributed by atoms with E-state index in [0.29, 0.717) is 29.3 Å². The van der Waals surface area contributed by atoms with E-state index in [4.69, 9.17) is 9.15 Å². The summed E-state index contributed by atoms with van der Waals surface area (Å²) >= 11 is 0. The Morgan fingerprint density at radius 3 is 2.31 bits per heavy atom. The first-order chi connectivity index (χ1) is 13.8. The first-order valence-corrected chi connectivity index (χ1v) is 10.3. The molecule has 3 rings (SSSR count). The number of sulfonamides is 1. The van der Waals surface area contributed by atoms with E-state index in [1.54, 1.807) is 49.7 Å². The Morgan fingerprint density at radius 2 is 1.69 bits per heavy atom. The molecule has 7 nitrogen and oxygen atoms in total. The van der Waals surface area contributed by atoms with Crippen molar-refractivity contribution in [1.82, 2.24) is 4.90 Å². The molecule has 0 unspecified atom stereocenters. The number of amides is 1. The van der Waals surface area contributed by atoms with Crippen LogP contribution >= 0.6 is 0 Å². The van der Waals surface area contributed by atoms with Crippen LogP contribution in [0.3, 0.4) is 0 Å². The summed E-state index contributed by atoms with van der Waals surface area (Å²) in [6.07, 6.45) is 1.55. The van der Waals surface area contributed by atoms with E-state index >= 15 is 0 Å². The van der Waals surface area contributed by atoms with E-state index in [0.717, 1.165) is 4.31 Å². The molecule has 0 atom stereocenters. The highest BCUT2D eigenvalue weighted by Gasteiger charge is 2.24. The van der Waals surface area contributed by atoms with Gasteiger partial charge < -0.3 is 14.1 Å². The molecule has 1 heterocycles. The first kappa shape index (κ1) is 20.5. The molecule has 0 fully saturated rings. The predicted molar refractivity (Wildman–Crippen MR) is 110 cm³/mol. The highest BCUT2D eigenvalue weighted by atomic mass is 32.2. The zero-order chi connectivity index (χ0) is 21.0. The van der Waals surface area contributed by atoms with Crippen molar-refractivity contribution in [3.63, 3.8) is 0 Å². The molecule has 1 aromatic heterocycles. The third-order valence-corrected chi connectivity index (χ3v) is 6.29. The molecular formula is C21H22N2O5S. The van der Waals surface area contributed by atoms with Gasteiger partial charge in [0.25, 0.3) is 15.9 Å². The van der Waals surface area contributed by atoms with Gasteiger partial charge in [0.1, 0.15) is 11.5 Å². The van der Waals surface area contributed by atoms with E-state index < -0.39 is 10.0 Å². The molecule has 3 aromatic rings. The number of methoxy groups -OCH3 is 1. The van der Waals surface area contributed by atoms with Crippen molar-refractivity contribution in [2.75, 3.05) is 25.5 Å². The smallest absolute Gasteiger partial charge is 0.264 e. The van der Waals surface area contributed by atoms with Gasteiger partial charge in [0.05, 0.1) is 30.5 Å². The average molecular weight is 414 g/mol. The second kappa shape index (κ2) is 8.40. The maximum Gasteiger partial charge on any atom is 0.264 e. The molecule has 2 aromatic carbocycles. The molecule has 152 valence electrons. The number of anilines is 1. The van der Waals surface area contributed by atoms with Gasteiger partial charge in [0.2, 0.25) is 0 Å². The number of furan rings is 1.